The van der Waals surface area contributed by atoms with Gasteiger partial charge in [-0.05, 0) is 42.8 Å². The third-order valence-electron chi connectivity index (χ3n) is 3.59. The quantitative estimate of drug-likeness (QED) is 0.939. The zero-order valence-electron chi connectivity index (χ0n) is 11.4. The van der Waals surface area contributed by atoms with E-state index < -0.39 is 9.84 Å². The predicted octanol–water partition coefficient (Wildman–Crippen LogP) is 2.88. The third-order valence-corrected chi connectivity index (χ3v) is 5.61. The number of furan rings is 1. The van der Waals surface area contributed by atoms with Gasteiger partial charge in [-0.1, -0.05) is 11.6 Å². The molecule has 1 aliphatic heterocycles. The molecule has 6 heteroatoms. The molecule has 1 atom stereocenters. The van der Waals surface area contributed by atoms with Gasteiger partial charge in [-0.25, -0.2) is 8.42 Å². The van der Waals surface area contributed by atoms with Crippen LogP contribution in [0.3, 0.4) is 0 Å². The summed E-state index contributed by atoms with van der Waals surface area (Å²) in [5, 5.41) is 3.92. The van der Waals surface area contributed by atoms with Crippen molar-refractivity contribution in [1.82, 2.24) is 5.32 Å². The van der Waals surface area contributed by atoms with Gasteiger partial charge in [0.25, 0.3) is 0 Å². The summed E-state index contributed by atoms with van der Waals surface area (Å²) in [5.74, 6) is 2.07. The molecular formula is C15H16ClNO3S. The number of rotatable bonds is 4. The molecule has 0 radical (unpaired) electrons. The molecule has 2 aromatic rings. The van der Waals surface area contributed by atoms with Crippen LogP contribution in [0.25, 0.3) is 11.3 Å². The molecule has 1 fully saturated rings. The summed E-state index contributed by atoms with van der Waals surface area (Å²) in [6.45, 7) is 0.535. The summed E-state index contributed by atoms with van der Waals surface area (Å²) < 4.78 is 28.6. The van der Waals surface area contributed by atoms with Gasteiger partial charge in [0.15, 0.2) is 9.84 Å². The maximum Gasteiger partial charge on any atom is 0.151 e. The Kier molecular flexibility index (Phi) is 4.06. The smallest absolute Gasteiger partial charge is 0.151 e. The van der Waals surface area contributed by atoms with Crippen LogP contribution in [-0.2, 0) is 16.4 Å². The zero-order valence-corrected chi connectivity index (χ0v) is 13.0. The molecule has 0 saturated carbocycles. The van der Waals surface area contributed by atoms with Gasteiger partial charge in [-0.2, -0.15) is 0 Å². The van der Waals surface area contributed by atoms with Gasteiger partial charge in [0, 0.05) is 16.6 Å². The van der Waals surface area contributed by atoms with E-state index in [4.69, 9.17) is 16.0 Å². The summed E-state index contributed by atoms with van der Waals surface area (Å²) in [5.41, 5.74) is 0.967. The minimum atomic E-state index is -2.85. The second kappa shape index (κ2) is 5.83. The molecule has 1 saturated heterocycles. The second-order valence-electron chi connectivity index (χ2n) is 5.25. The van der Waals surface area contributed by atoms with E-state index in [1.54, 1.807) is 0 Å². The largest absolute Gasteiger partial charge is 0.460 e. The summed E-state index contributed by atoms with van der Waals surface area (Å²) in [7, 11) is -2.85. The standard InChI is InChI=1S/C15H16ClNO3S/c16-12-3-1-11(2-4-12)15-6-5-14(20-15)9-17-13-7-8-21(18,19)10-13/h1-6,13,17H,7-10H2/t13-/m0/s1. The van der Waals surface area contributed by atoms with E-state index in [0.29, 0.717) is 18.0 Å². The molecule has 1 aromatic carbocycles. The van der Waals surface area contributed by atoms with E-state index in [-0.39, 0.29) is 17.5 Å². The first-order valence-corrected chi connectivity index (χ1v) is 9.00. The van der Waals surface area contributed by atoms with Crippen LogP contribution in [0.5, 0.6) is 0 Å². The van der Waals surface area contributed by atoms with Gasteiger partial charge in [0.05, 0.1) is 18.1 Å². The molecule has 0 aliphatic carbocycles. The van der Waals surface area contributed by atoms with Gasteiger partial charge in [0.2, 0.25) is 0 Å². The Morgan fingerprint density at radius 1 is 1.19 bits per heavy atom. The number of hydrogen-bond donors (Lipinski definition) is 1. The molecule has 4 nitrogen and oxygen atoms in total. The van der Waals surface area contributed by atoms with Gasteiger partial charge < -0.3 is 9.73 Å². The third kappa shape index (κ3) is 3.67. The molecule has 0 unspecified atom stereocenters. The SMILES string of the molecule is O=S1(=O)CC[C@H](NCc2ccc(-c3ccc(Cl)cc3)o2)C1. The van der Waals surface area contributed by atoms with E-state index in [9.17, 15) is 8.42 Å². The Morgan fingerprint density at radius 2 is 1.95 bits per heavy atom. The van der Waals surface area contributed by atoms with Crippen LogP contribution in [0.4, 0.5) is 0 Å². The van der Waals surface area contributed by atoms with Crippen LogP contribution in [0.2, 0.25) is 5.02 Å². The van der Waals surface area contributed by atoms with Gasteiger partial charge in [0.1, 0.15) is 11.5 Å². The van der Waals surface area contributed by atoms with Crippen molar-refractivity contribution in [2.75, 3.05) is 11.5 Å². The first kappa shape index (κ1) is 14.6. The summed E-state index contributed by atoms with van der Waals surface area (Å²) in [4.78, 5) is 0. The van der Waals surface area contributed by atoms with Crippen molar-refractivity contribution in [3.8, 4) is 11.3 Å². The van der Waals surface area contributed by atoms with Crippen molar-refractivity contribution < 1.29 is 12.8 Å². The van der Waals surface area contributed by atoms with Crippen molar-refractivity contribution in [2.45, 2.75) is 19.0 Å². The van der Waals surface area contributed by atoms with Crippen molar-refractivity contribution in [3.63, 3.8) is 0 Å². The van der Waals surface area contributed by atoms with Crippen molar-refractivity contribution in [2.24, 2.45) is 0 Å². The molecular weight excluding hydrogens is 310 g/mol. The fourth-order valence-corrected chi connectivity index (χ4v) is 4.28. The maximum absolute atomic E-state index is 11.4. The normalized spacial score (nSPS) is 20.7. The number of hydrogen-bond acceptors (Lipinski definition) is 4. The monoisotopic (exact) mass is 325 g/mol. The van der Waals surface area contributed by atoms with Crippen LogP contribution in [0.15, 0.2) is 40.8 Å². The van der Waals surface area contributed by atoms with E-state index in [2.05, 4.69) is 5.32 Å². The highest BCUT2D eigenvalue weighted by atomic mass is 35.5. The highest BCUT2D eigenvalue weighted by Gasteiger charge is 2.27. The van der Waals surface area contributed by atoms with Crippen LogP contribution < -0.4 is 5.32 Å². The summed E-state index contributed by atoms with van der Waals surface area (Å²) in [6.07, 6.45) is 0.674. The lowest BCUT2D eigenvalue weighted by molar-refractivity contribution is 0.464. The van der Waals surface area contributed by atoms with Crippen LogP contribution in [0, 0.1) is 0 Å². The summed E-state index contributed by atoms with van der Waals surface area (Å²) in [6, 6.07) is 11.3. The Balaban J connectivity index is 1.62. The van der Waals surface area contributed by atoms with Crippen molar-refractivity contribution >= 4 is 21.4 Å². The predicted molar refractivity (Wildman–Crippen MR) is 83.1 cm³/mol. The minimum absolute atomic E-state index is 0.0269. The minimum Gasteiger partial charge on any atom is -0.460 e. The molecule has 1 N–H and O–H groups in total. The lowest BCUT2D eigenvalue weighted by Crippen LogP contribution is -2.29. The molecule has 2 heterocycles. The van der Waals surface area contributed by atoms with E-state index >= 15 is 0 Å². The maximum atomic E-state index is 11.4. The molecule has 0 bridgehead atoms. The topological polar surface area (TPSA) is 59.3 Å². The Hall–Kier alpha value is -1.30. The van der Waals surface area contributed by atoms with Crippen LogP contribution in [0.1, 0.15) is 12.2 Å². The second-order valence-corrected chi connectivity index (χ2v) is 7.92. The van der Waals surface area contributed by atoms with Gasteiger partial charge in [-0.15, -0.1) is 0 Å². The molecule has 3 rings (SSSR count). The van der Waals surface area contributed by atoms with E-state index in [1.165, 1.54) is 0 Å². The lowest BCUT2D eigenvalue weighted by atomic mass is 10.2. The molecule has 112 valence electrons. The molecule has 0 amide bonds. The Labute approximate surface area is 129 Å². The molecule has 1 aliphatic rings. The van der Waals surface area contributed by atoms with Gasteiger partial charge >= 0.3 is 0 Å². The Morgan fingerprint density at radius 3 is 2.62 bits per heavy atom. The zero-order chi connectivity index (χ0) is 14.9. The molecule has 0 spiro atoms. The number of halogens is 1. The molecule has 1 aromatic heterocycles. The highest BCUT2D eigenvalue weighted by molar-refractivity contribution is 7.91. The van der Waals surface area contributed by atoms with Crippen molar-refractivity contribution in [3.05, 3.63) is 47.2 Å². The van der Waals surface area contributed by atoms with E-state index in [1.807, 2.05) is 36.4 Å². The van der Waals surface area contributed by atoms with Crippen LogP contribution in [-0.4, -0.2) is 26.0 Å². The molecule has 21 heavy (non-hydrogen) atoms. The fourth-order valence-electron chi connectivity index (χ4n) is 2.44. The average Bonchev–Trinajstić information content (AvgIpc) is 3.04. The number of sulfone groups is 1. The Bertz CT molecular complexity index is 722. The van der Waals surface area contributed by atoms with Crippen molar-refractivity contribution in [1.29, 1.82) is 0 Å². The first-order valence-electron chi connectivity index (χ1n) is 6.80. The highest BCUT2D eigenvalue weighted by Crippen LogP contribution is 2.24. The average molecular weight is 326 g/mol. The van der Waals surface area contributed by atoms with Gasteiger partial charge in [-0.3, -0.25) is 0 Å². The summed E-state index contributed by atoms with van der Waals surface area (Å²) >= 11 is 5.86. The van der Waals surface area contributed by atoms with Crippen LogP contribution >= 0.6 is 11.6 Å². The fraction of sp³-hybridized carbons (Fsp3) is 0.333. The number of nitrogens with one attached hydrogen (secondary N) is 1. The van der Waals surface area contributed by atoms with E-state index in [0.717, 1.165) is 17.1 Å². The first-order chi connectivity index (χ1) is 10.0. The number of benzene rings is 1. The lowest BCUT2D eigenvalue weighted by Gasteiger charge is -2.08.